The monoisotopic (exact) mass is 379 g/mol. The van der Waals surface area contributed by atoms with E-state index in [0.29, 0.717) is 42.1 Å². The van der Waals surface area contributed by atoms with Crippen LogP contribution in [0.5, 0.6) is 11.5 Å². The fraction of sp³-hybridized carbons (Fsp3) is 0.200. The smallest absolute Gasteiger partial charge is 0.254 e. The summed E-state index contributed by atoms with van der Waals surface area (Å²) in [5.41, 5.74) is 2.33. The Hall–Kier alpha value is -3.55. The molecule has 2 heterocycles. The molecule has 0 saturated heterocycles. The van der Waals surface area contributed by atoms with Gasteiger partial charge < -0.3 is 9.47 Å². The van der Waals surface area contributed by atoms with Crippen LogP contribution in [0.4, 0.5) is 10.3 Å². The minimum Gasteiger partial charge on any atom is -0.493 e. The van der Waals surface area contributed by atoms with Crippen LogP contribution in [0.2, 0.25) is 0 Å². The summed E-state index contributed by atoms with van der Waals surface area (Å²) in [6, 6.07) is 11.8. The molecule has 0 saturated carbocycles. The average Bonchev–Trinajstić information content (AvgIpc) is 3.30. The third-order valence-electron chi connectivity index (χ3n) is 4.22. The van der Waals surface area contributed by atoms with Crippen LogP contribution in [0.1, 0.15) is 18.1 Å². The van der Waals surface area contributed by atoms with Crippen molar-refractivity contribution in [1.29, 1.82) is 0 Å². The fourth-order valence-corrected chi connectivity index (χ4v) is 2.89. The van der Waals surface area contributed by atoms with E-state index in [-0.39, 0.29) is 5.82 Å². The first-order valence-electron chi connectivity index (χ1n) is 8.79. The van der Waals surface area contributed by atoms with Crippen LogP contribution in [0.3, 0.4) is 0 Å². The van der Waals surface area contributed by atoms with Crippen LogP contribution in [-0.4, -0.2) is 40.0 Å². The first-order valence-corrected chi connectivity index (χ1v) is 8.79. The number of hydrogen-bond acceptors (Lipinski definition) is 6. The molecule has 7 nitrogen and oxygen atoms in total. The first kappa shape index (κ1) is 17.8. The average molecular weight is 379 g/mol. The summed E-state index contributed by atoms with van der Waals surface area (Å²) in [6.07, 6.45) is 1.43. The van der Waals surface area contributed by atoms with Gasteiger partial charge in [-0.25, -0.2) is 9.38 Å². The normalized spacial score (nSPS) is 14.1. The summed E-state index contributed by atoms with van der Waals surface area (Å²) >= 11 is 0. The first-order chi connectivity index (χ1) is 13.7. The lowest BCUT2D eigenvalue weighted by molar-refractivity contribution is 0.311. The van der Waals surface area contributed by atoms with Crippen LogP contribution in [0.15, 0.2) is 58.8 Å². The molecular formula is C20H18FN5O2. The molecule has 1 aliphatic rings. The van der Waals surface area contributed by atoms with Gasteiger partial charge in [-0.2, -0.15) is 14.8 Å². The number of aliphatic imine (C=N–C) groups is 2. The molecule has 0 atom stereocenters. The second-order valence-corrected chi connectivity index (χ2v) is 6.00. The van der Waals surface area contributed by atoms with Crippen LogP contribution in [0, 0.1) is 5.82 Å². The molecule has 0 fully saturated rings. The number of benzene rings is 2. The minimum absolute atomic E-state index is 0.278. The number of hydrogen-bond donors (Lipinski definition) is 0. The molecular weight excluding hydrogens is 361 g/mol. The maximum atomic E-state index is 13.1. The van der Waals surface area contributed by atoms with Crippen molar-refractivity contribution >= 4 is 17.5 Å². The van der Waals surface area contributed by atoms with Gasteiger partial charge in [-0.3, -0.25) is 4.99 Å². The molecule has 3 aromatic rings. The van der Waals surface area contributed by atoms with Crippen molar-refractivity contribution in [2.45, 2.75) is 13.5 Å². The second kappa shape index (κ2) is 7.59. The summed E-state index contributed by atoms with van der Waals surface area (Å²) < 4.78 is 25.7. The Morgan fingerprint density at radius 1 is 1.11 bits per heavy atom. The topological polar surface area (TPSA) is 73.9 Å². The summed E-state index contributed by atoms with van der Waals surface area (Å²) in [5, 5.41) is 4.21. The SMILES string of the molecule is CCOc1ccc(C2=Nc3ncnn3C2=NCc2ccc(F)cc2)cc1OC. The fourth-order valence-electron chi connectivity index (χ4n) is 2.89. The maximum absolute atomic E-state index is 13.1. The summed E-state index contributed by atoms with van der Waals surface area (Å²) in [6.45, 7) is 2.82. The van der Waals surface area contributed by atoms with E-state index in [1.165, 1.54) is 18.5 Å². The number of nitrogens with zero attached hydrogens (tertiary/aromatic N) is 5. The van der Waals surface area contributed by atoms with Crippen LogP contribution in [-0.2, 0) is 6.54 Å². The lowest BCUT2D eigenvalue weighted by Crippen LogP contribution is -2.20. The zero-order valence-corrected chi connectivity index (χ0v) is 15.5. The van der Waals surface area contributed by atoms with Gasteiger partial charge in [0.05, 0.1) is 20.3 Å². The summed E-state index contributed by atoms with van der Waals surface area (Å²) in [7, 11) is 1.59. The Kier molecular flexibility index (Phi) is 4.84. The lowest BCUT2D eigenvalue weighted by atomic mass is 10.1. The van der Waals surface area contributed by atoms with Crippen molar-refractivity contribution in [2.24, 2.45) is 9.98 Å². The highest BCUT2D eigenvalue weighted by molar-refractivity contribution is 6.50. The minimum atomic E-state index is -0.278. The third kappa shape index (κ3) is 3.36. The Morgan fingerprint density at radius 3 is 2.68 bits per heavy atom. The quantitative estimate of drug-likeness (QED) is 0.658. The van der Waals surface area contributed by atoms with Crippen LogP contribution < -0.4 is 9.47 Å². The molecule has 0 amide bonds. The molecule has 0 aliphatic carbocycles. The molecule has 28 heavy (non-hydrogen) atoms. The number of halogens is 1. The number of ether oxygens (including phenoxy) is 2. The highest BCUT2D eigenvalue weighted by Crippen LogP contribution is 2.30. The van der Waals surface area contributed by atoms with E-state index in [0.717, 1.165) is 11.1 Å². The van der Waals surface area contributed by atoms with Gasteiger partial charge in [0, 0.05) is 5.56 Å². The van der Waals surface area contributed by atoms with Gasteiger partial charge in [-0.1, -0.05) is 12.1 Å². The number of methoxy groups -OCH3 is 1. The number of aromatic nitrogens is 3. The standard InChI is InChI=1S/C20H18FN5O2/c1-3-28-16-9-6-14(10-17(16)27-2)18-19(26-20(25-18)23-12-24-26)22-11-13-4-7-15(21)8-5-13/h4-10,12H,3,11H2,1-2H3. The third-order valence-corrected chi connectivity index (χ3v) is 4.22. The van der Waals surface area contributed by atoms with Crippen LogP contribution in [0.25, 0.3) is 0 Å². The molecule has 4 rings (SSSR count). The van der Waals surface area contributed by atoms with Gasteiger partial charge in [0.1, 0.15) is 17.9 Å². The zero-order chi connectivity index (χ0) is 19.5. The van der Waals surface area contributed by atoms with Gasteiger partial charge in [-0.15, -0.1) is 0 Å². The van der Waals surface area contributed by atoms with Crippen LogP contribution >= 0.6 is 0 Å². The van der Waals surface area contributed by atoms with E-state index in [2.05, 4.69) is 20.1 Å². The molecule has 2 aromatic carbocycles. The predicted octanol–water partition coefficient (Wildman–Crippen LogP) is 3.41. The van der Waals surface area contributed by atoms with Gasteiger partial charge >= 0.3 is 0 Å². The van der Waals surface area contributed by atoms with E-state index in [1.807, 2.05) is 25.1 Å². The molecule has 8 heteroatoms. The van der Waals surface area contributed by atoms with Crippen molar-refractivity contribution in [2.75, 3.05) is 13.7 Å². The largest absolute Gasteiger partial charge is 0.493 e. The van der Waals surface area contributed by atoms with Gasteiger partial charge in [0.25, 0.3) is 5.95 Å². The van der Waals surface area contributed by atoms with Crippen molar-refractivity contribution in [1.82, 2.24) is 14.8 Å². The van der Waals surface area contributed by atoms with Crippen molar-refractivity contribution < 1.29 is 13.9 Å². The van der Waals surface area contributed by atoms with Gasteiger partial charge in [-0.05, 0) is 42.8 Å². The second-order valence-electron chi connectivity index (χ2n) is 6.00. The Bertz CT molecular complexity index is 1060. The summed E-state index contributed by atoms with van der Waals surface area (Å²) in [5.74, 6) is 2.02. The van der Waals surface area contributed by atoms with E-state index >= 15 is 0 Å². The molecule has 0 bridgehead atoms. The Labute approximate surface area is 161 Å². The molecule has 1 aliphatic heterocycles. The molecule has 0 unspecified atom stereocenters. The number of rotatable bonds is 6. The maximum Gasteiger partial charge on any atom is 0.254 e. The van der Waals surface area contributed by atoms with Gasteiger partial charge in [0.15, 0.2) is 17.3 Å². The van der Waals surface area contributed by atoms with E-state index < -0.39 is 0 Å². The predicted molar refractivity (Wildman–Crippen MR) is 103 cm³/mol. The Balaban J connectivity index is 1.70. The highest BCUT2D eigenvalue weighted by Gasteiger charge is 2.26. The van der Waals surface area contributed by atoms with Crippen molar-refractivity contribution in [3.8, 4) is 11.5 Å². The number of fused-ring (bicyclic) bond motifs is 1. The molecule has 0 spiro atoms. The van der Waals surface area contributed by atoms with E-state index in [4.69, 9.17) is 9.47 Å². The molecule has 0 N–H and O–H groups in total. The lowest BCUT2D eigenvalue weighted by Gasteiger charge is -2.11. The van der Waals surface area contributed by atoms with Crippen molar-refractivity contribution in [3.63, 3.8) is 0 Å². The molecule has 1 aromatic heterocycles. The Morgan fingerprint density at radius 2 is 1.93 bits per heavy atom. The van der Waals surface area contributed by atoms with Crippen molar-refractivity contribution in [3.05, 3.63) is 65.7 Å². The molecule has 0 radical (unpaired) electrons. The van der Waals surface area contributed by atoms with E-state index in [1.54, 1.807) is 23.9 Å². The zero-order valence-electron chi connectivity index (χ0n) is 15.5. The summed E-state index contributed by atoms with van der Waals surface area (Å²) in [4.78, 5) is 13.4. The van der Waals surface area contributed by atoms with E-state index in [9.17, 15) is 4.39 Å². The molecule has 142 valence electrons. The highest BCUT2D eigenvalue weighted by atomic mass is 19.1. The van der Waals surface area contributed by atoms with Gasteiger partial charge in [0.2, 0.25) is 0 Å².